The molecule has 1 aromatic heterocycles. The Hall–Kier alpha value is -1.61. The van der Waals surface area contributed by atoms with Gasteiger partial charge in [-0.25, -0.2) is 0 Å². The van der Waals surface area contributed by atoms with Crippen molar-refractivity contribution in [3.63, 3.8) is 0 Å². The van der Waals surface area contributed by atoms with Crippen molar-refractivity contribution in [1.29, 1.82) is 0 Å². The van der Waals surface area contributed by atoms with Crippen LogP contribution in [0.3, 0.4) is 0 Å². The lowest BCUT2D eigenvalue weighted by atomic mass is 10.1. The quantitative estimate of drug-likeness (QED) is 0.852. The Morgan fingerprint density at radius 1 is 1.12 bits per heavy atom. The molecule has 3 nitrogen and oxygen atoms in total. The third-order valence-corrected chi connectivity index (χ3v) is 2.89. The fourth-order valence-corrected chi connectivity index (χ4v) is 1.96. The average Bonchev–Trinajstić information content (AvgIpc) is 2.76. The fraction of sp³-hybridized carbons (Fsp3) is 0.357. The Balaban J connectivity index is 1.89. The molecule has 0 aliphatic rings. The van der Waals surface area contributed by atoms with Gasteiger partial charge in [0.2, 0.25) is 0 Å². The summed E-state index contributed by atoms with van der Waals surface area (Å²) >= 11 is 0. The smallest absolute Gasteiger partial charge is 0.0762 e. The van der Waals surface area contributed by atoms with Gasteiger partial charge in [0.1, 0.15) is 0 Å². The van der Waals surface area contributed by atoms with Crippen molar-refractivity contribution < 1.29 is 0 Å². The third kappa shape index (κ3) is 3.17. The normalized spacial score (nSPS) is 10.7. The van der Waals surface area contributed by atoms with Crippen molar-refractivity contribution in [2.75, 3.05) is 0 Å². The molecule has 0 aliphatic carbocycles. The van der Waals surface area contributed by atoms with Gasteiger partial charge < -0.3 is 5.32 Å². The second-order valence-corrected chi connectivity index (χ2v) is 4.21. The molecule has 0 fully saturated rings. The number of hydrogen-bond donors (Lipinski definition) is 1. The summed E-state index contributed by atoms with van der Waals surface area (Å²) in [5, 5.41) is 7.77. The number of nitrogens with zero attached hydrogens (tertiary/aromatic N) is 2. The molecule has 1 aromatic carbocycles. The molecule has 0 atom stereocenters. The van der Waals surface area contributed by atoms with Gasteiger partial charge in [-0.3, -0.25) is 4.68 Å². The maximum Gasteiger partial charge on any atom is 0.0762 e. The van der Waals surface area contributed by atoms with Gasteiger partial charge in [-0.1, -0.05) is 31.2 Å². The minimum absolute atomic E-state index is 0.818. The number of aromatic nitrogens is 2. The van der Waals surface area contributed by atoms with Gasteiger partial charge in [0.25, 0.3) is 0 Å². The lowest BCUT2D eigenvalue weighted by molar-refractivity contribution is 0.653. The van der Waals surface area contributed by atoms with E-state index in [9.17, 15) is 0 Å². The Morgan fingerprint density at radius 3 is 2.53 bits per heavy atom. The van der Waals surface area contributed by atoms with Crippen LogP contribution in [0.15, 0.2) is 36.5 Å². The van der Waals surface area contributed by atoms with Gasteiger partial charge in [0.05, 0.1) is 5.69 Å². The number of aryl methyl sites for hydroxylation is 2. The molecule has 2 aromatic rings. The maximum atomic E-state index is 4.34. The van der Waals surface area contributed by atoms with E-state index >= 15 is 0 Å². The first-order valence-electron chi connectivity index (χ1n) is 6.05. The minimum Gasteiger partial charge on any atom is -0.307 e. The molecule has 0 saturated heterocycles. The molecule has 0 bridgehead atoms. The van der Waals surface area contributed by atoms with E-state index in [2.05, 4.69) is 41.6 Å². The Bertz CT molecular complexity index is 474. The van der Waals surface area contributed by atoms with E-state index in [-0.39, 0.29) is 0 Å². The molecule has 1 N–H and O–H groups in total. The van der Waals surface area contributed by atoms with Gasteiger partial charge in [-0.05, 0) is 23.6 Å². The number of hydrogen-bond acceptors (Lipinski definition) is 2. The fourth-order valence-electron chi connectivity index (χ4n) is 1.96. The zero-order valence-electron chi connectivity index (χ0n) is 10.5. The standard InChI is InChI=1S/C14H19N3/c1-3-12-6-4-5-7-13(12)10-15-11-14-8-9-17(2)16-14/h4-9,15H,3,10-11H2,1-2H3. The maximum absolute atomic E-state index is 4.34. The highest BCUT2D eigenvalue weighted by molar-refractivity contribution is 5.26. The average molecular weight is 229 g/mol. The van der Waals surface area contributed by atoms with Crippen LogP contribution >= 0.6 is 0 Å². The molecule has 2 rings (SSSR count). The summed E-state index contributed by atoms with van der Waals surface area (Å²) in [7, 11) is 1.94. The molecular formula is C14H19N3. The van der Waals surface area contributed by atoms with Crippen LogP contribution in [0.25, 0.3) is 0 Å². The highest BCUT2D eigenvalue weighted by Crippen LogP contribution is 2.09. The largest absolute Gasteiger partial charge is 0.307 e. The van der Waals surface area contributed by atoms with E-state index in [1.807, 2.05) is 24.0 Å². The molecule has 90 valence electrons. The molecule has 17 heavy (non-hydrogen) atoms. The van der Waals surface area contributed by atoms with Gasteiger partial charge in [0, 0.05) is 26.3 Å². The summed E-state index contributed by atoms with van der Waals surface area (Å²) in [6, 6.07) is 10.6. The predicted molar refractivity (Wildman–Crippen MR) is 69.6 cm³/mol. The van der Waals surface area contributed by atoms with E-state index in [0.717, 1.165) is 25.2 Å². The number of nitrogens with one attached hydrogen (secondary N) is 1. The summed E-state index contributed by atoms with van der Waals surface area (Å²) < 4.78 is 1.83. The van der Waals surface area contributed by atoms with Crippen LogP contribution in [0.4, 0.5) is 0 Å². The van der Waals surface area contributed by atoms with Gasteiger partial charge >= 0.3 is 0 Å². The van der Waals surface area contributed by atoms with Crippen LogP contribution in [0, 0.1) is 0 Å². The molecule has 1 heterocycles. The first-order valence-corrected chi connectivity index (χ1v) is 6.05. The van der Waals surface area contributed by atoms with Crippen molar-refractivity contribution >= 4 is 0 Å². The van der Waals surface area contributed by atoms with Crippen molar-refractivity contribution in [2.24, 2.45) is 7.05 Å². The second kappa shape index (κ2) is 5.64. The number of rotatable bonds is 5. The first-order chi connectivity index (χ1) is 8.29. The molecule has 0 spiro atoms. The van der Waals surface area contributed by atoms with Crippen molar-refractivity contribution in [2.45, 2.75) is 26.4 Å². The van der Waals surface area contributed by atoms with Crippen LogP contribution in [-0.2, 0) is 26.6 Å². The van der Waals surface area contributed by atoms with E-state index in [0.29, 0.717) is 0 Å². The van der Waals surface area contributed by atoms with Crippen molar-refractivity contribution in [1.82, 2.24) is 15.1 Å². The lowest BCUT2D eigenvalue weighted by Gasteiger charge is -2.08. The van der Waals surface area contributed by atoms with E-state index in [4.69, 9.17) is 0 Å². The third-order valence-electron chi connectivity index (χ3n) is 2.89. The summed E-state index contributed by atoms with van der Waals surface area (Å²) in [6.07, 6.45) is 3.05. The van der Waals surface area contributed by atoms with E-state index in [1.54, 1.807) is 0 Å². The SMILES string of the molecule is CCc1ccccc1CNCc1ccn(C)n1. The second-order valence-electron chi connectivity index (χ2n) is 4.21. The van der Waals surface area contributed by atoms with E-state index in [1.165, 1.54) is 11.1 Å². The Labute approximate surface area is 102 Å². The highest BCUT2D eigenvalue weighted by Gasteiger charge is 2.00. The monoisotopic (exact) mass is 229 g/mol. The van der Waals surface area contributed by atoms with Gasteiger partial charge in [-0.2, -0.15) is 5.10 Å². The Morgan fingerprint density at radius 2 is 1.88 bits per heavy atom. The molecule has 0 amide bonds. The molecular weight excluding hydrogens is 210 g/mol. The molecule has 0 aliphatic heterocycles. The van der Waals surface area contributed by atoms with Crippen molar-refractivity contribution in [3.05, 3.63) is 53.3 Å². The zero-order valence-corrected chi connectivity index (χ0v) is 10.5. The van der Waals surface area contributed by atoms with Crippen LogP contribution in [-0.4, -0.2) is 9.78 Å². The molecule has 0 saturated carbocycles. The highest BCUT2D eigenvalue weighted by atomic mass is 15.3. The number of benzene rings is 1. The first kappa shape index (κ1) is 11.9. The van der Waals surface area contributed by atoms with Crippen LogP contribution in [0.2, 0.25) is 0 Å². The van der Waals surface area contributed by atoms with Crippen LogP contribution in [0.5, 0.6) is 0 Å². The molecule has 0 radical (unpaired) electrons. The lowest BCUT2D eigenvalue weighted by Crippen LogP contribution is -2.14. The van der Waals surface area contributed by atoms with Gasteiger partial charge in [-0.15, -0.1) is 0 Å². The summed E-state index contributed by atoms with van der Waals surface area (Å²) in [4.78, 5) is 0. The minimum atomic E-state index is 0.818. The van der Waals surface area contributed by atoms with Gasteiger partial charge in [0.15, 0.2) is 0 Å². The predicted octanol–water partition coefficient (Wildman–Crippen LogP) is 2.27. The molecule has 3 heteroatoms. The van der Waals surface area contributed by atoms with Crippen molar-refractivity contribution in [3.8, 4) is 0 Å². The van der Waals surface area contributed by atoms with Crippen LogP contribution < -0.4 is 5.32 Å². The molecule has 0 unspecified atom stereocenters. The zero-order chi connectivity index (χ0) is 12.1. The summed E-state index contributed by atoms with van der Waals surface area (Å²) in [6.45, 7) is 3.91. The summed E-state index contributed by atoms with van der Waals surface area (Å²) in [5.41, 5.74) is 3.88. The Kier molecular flexibility index (Phi) is 3.94. The summed E-state index contributed by atoms with van der Waals surface area (Å²) in [5.74, 6) is 0. The topological polar surface area (TPSA) is 29.9 Å². The van der Waals surface area contributed by atoms with E-state index < -0.39 is 0 Å². The van der Waals surface area contributed by atoms with Crippen LogP contribution in [0.1, 0.15) is 23.7 Å².